The summed E-state index contributed by atoms with van der Waals surface area (Å²) >= 11 is 0. The average Bonchev–Trinajstić information content (AvgIpc) is 2.56. The Morgan fingerprint density at radius 1 is 1.08 bits per heavy atom. The molecule has 0 aromatic rings. The number of esters is 1. The minimum atomic E-state index is -1.56. The predicted octanol–water partition coefficient (Wildman–Crippen LogP) is -1.04. The van der Waals surface area contributed by atoms with E-state index in [1.54, 1.807) is 0 Å². The van der Waals surface area contributed by atoms with Crippen LogP contribution in [-0.2, 0) is 19.0 Å². The molecule has 0 spiro atoms. The van der Waals surface area contributed by atoms with Crippen LogP contribution < -0.4 is 0 Å². The monoisotopic (exact) mass is 344 g/mol. The maximum absolute atomic E-state index is 11.3. The molecule has 0 unspecified atom stereocenters. The van der Waals surface area contributed by atoms with E-state index in [1.807, 2.05) is 0 Å². The fourth-order valence-corrected chi connectivity index (χ4v) is 2.96. The molecule has 9 nitrogen and oxygen atoms in total. The van der Waals surface area contributed by atoms with Crippen molar-refractivity contribution in [3.63, 3.8) is 0 Å². The molecule has 134 valence electrons. The number of aliphatic hydroxyl groups excluding tert-OH is 5. The number of rotatable bonds is 3. The van der Waals surface area contributed by atoms with Gasteiger partial charge in [0.05, 0.1) is 13.0 Å². The van der Waals surface area contributed by atoms with Crippen molar-refractivity contribution in [2.24, 2.45) is 0 Å². The Morgan fingerprint density at radius 3 is 2.54 bits per heavy atom. The van der Waals surface area contributed by atoms with E-state index in [4.69, 9.17) is 19.3 Å². The second-order valence-electron chi connectivity index (χ2n) is 6.04. The van der Waals surface area contributed by atoms with Gasteiger partial charge in [0.15, 0.2) is 0 Å². The quantitative estimate of drug-likeness (QED) is 0.405. The number of hydrogen-bond acceptors (Lipinski definition) is 9. The van der Waals surface area contributed by atoms with Crippen molar-refractivity contribution in [1.82, 2.24) is 0 Å². The van der Waals surface area contributed by atoms with Gasteiger partial charge < -0.3 is 39.7 Å². The molecular weight excluding hydrogens is 324 g/mol. The number of aliphatic hydroxyl groups is 5. The van der Waals surface area contributed by atoms with E-state index in [-0.39, 0.29) is 36.8 Å². The Balaban J connectivity index is 1.71. The van der Waals surface area contributed by atoms with E-state index in [1.165, 1.54) is 0 Å². The predicted molar refractivity (Wildman–Crippen MR) is 76.1 cm³/mol. The first-order valence-electron chi connectivity index (χ1n) is 7.70. The maximum Gasteiger partial charge on any atom is 0.311 e. The lowest BCUT2D eigenvalue weighted by Gasteiger charge is -2.40. The summed E-state index contributed by atoms with van der Waals surface area (Å²) in [7, 11) is 0. The van der Waals surface area contributed by atoms with Crippen molar-refractivity contribution in [1.29, 1.82) is 0 Å². The minimum Gasteiger partial charge on any atom is -0.508 e. The molecule has 2 aliphatic heterocycles. The van der Waals surface area contributed by atoms with E-state index in [9.17, 15) is 25.2 Å². The first-order valence-corrected chi connectivity index (χ1v) is 7.70. The third kappa shape index (κ3) is 3.13. The Kier molecular flexibility index (Phi) is 4.79. The van der Waals surface area contributed by atoms with Crippen LogP contribution in [0.25, 0.3) is 0 Å². The lowest BCUT2D eigenvalue weighted by molar-refractivity contribution is -0.292. The summed E-state index contributed by atoms with van der Waals surface area (Å²) in [6.45, 7) is -0.568. The fourth-order valence-electron chi connectivity index (χ4n) is 2.96. The zero-order valence-electron chi connectivity index (χ0n) is 12.8. The van der Waals surface area contributed by atoms with E-state index in [2.05, 4.69) is 0 Å². The van der Waals surface area contributed by atoms with Crippen LogP contribution in [0.3, 0.4) is 0 Å². The van der Waals surface area contributed by atoms with Gasteiger partial charge in [-0.1, -0.05) is 0 Å². The molecule has 5 N–H and O–H groups in total. The summed E-state index contributed by atoms with van der Waals surface area (Å²) < 4.78 is 15.8. The molecule has 1 saturated heterocycles. The largest absolute Gasteiger partial charge is 0.508 e. The number of carbonyl (C=O) groups excluding carboxylic acids is 1. The van der Waals surface area contributed by atoms with Crippen molar-refractivity contribution in [3.8, 4) is 0 Å². The van der Waals surface area contributed by atoms with Crippen LogP contribution >= 0.6 is 0 Å². The Labute approximate surface area is 137 Å². The van der Waals surface area contributed by atoms with Crippen molar-refractivity contribution in [2.75, 3.05) is 6.61 Å². The number of hydrogen-bond donors (Lipinski definition) is 5. The highest BCUT2D eigenvalue weighted by Gasteiger charge is 2.45. The molecule has 0 amide bonds. The van der Waals surface area contributed by atoms with Gasteiger partial charge in [0.2, 0.25) is 6.29 Å². The molecule has 0 radical (unpaired) electrons. The van der Waals surface area contributed by atoms with Crippen molar-refractivity contribution < 1.29 is 44.5 Å². The highest BCUT2D eigenvalue weighted by molar-refractivity contribution is 5.72. The topological polar surface area (TPSA) is 146 Å². The zero-order valence-corrected chi connectivity index (χ0v) is 12.8. The molecule has 2 heterocycles. The Morgan fingerprint density at radius 2 is 1.83 bits per heavy atom. The van der Waals surface area contributed by atoms with Gasteiger partial charge in [-0.25, -0.2) is 0 Å². The van der Waals surface area contributed by atoms with Gasteiger partial charge in [-0.15, -0.1) is 0 Å². The molecule has 1 aliphatic carbocycles. The molecule has 3 rings (SSSR count). The standard InChI is InChI=1S/C15H20O9/c16-5-10-12(19)13(20)14(21)15(24-10)23-9-3-6-1-2-11(18)22-8(6)4-7(9)17/h10,12-17,19-21H,1-5H2/t10-,12-,13+,14-,15-/m1/s1. The Hall–Kier alpha value is -1.65. The lowest BCUT2D eigenvalue weighted by Crippen LogP contribution is -2.59. The molecule has 0 bridgehead atoms. The summed E-state index contributed by atoms with van der Waals surface area (Å²) in [6, 6.07) is 0. The number of ether oxygens (including phenoxy) is 3. The maximum atomic E-state index is 11.3. The third-order valence-electron chi connectivity index (χ3n) is 4.39. The molecule has 9 heteroatoms. The molecular formula is C15H20O9. The smallest absolute Gasteiger partial charge is 0.311 e. The Bertz CT molecular complexity index is 579. The van der Waals surface area contributed by atoms with Crippen LogP contribution in [-0.4, -0.2) is 68.8 Å². The van der Waals surface area contributed by atoms with Crippen LogP contribution in [0.5, 0.6) is 0 Å². The molecule has 0 aromatic carbocycles. The molecule has 1 fully saturated rings. The molecule has 24 heavy (non-hydrogen) atoms. The lowest BCUT2D eigenvalue weighted by atomic mass is 9.95. The van der Waals surface area contributed by atoms with Gasteiger partial charge in [-0.3, -0.25) is 4.79 Å². The van der Waals surface area contributed by atoms with Crippen molar-refractivity contribution in [3.05, 3.63) is 22.9 Å². The minimum absolute atomic E-state index is 0.00612. The van der Waals surface area contributed by atoms with Crippen LogP contribution in [0.15, 0.2) is 22.9 Å². The van der Waals surface area contributed by atoms with Gasteiger partial charge in [-0.2, -0.15) is 0 Å². The van der Waals surface area contributed by atoms with Gasteiger partial charge in [0.1, 0.15) is 41.7 Å². The third-order valence-corrected chi connectivity index (χ3v) is 4.39. The van der Waals surface area contributed by atoms with Gasteiger partial charge in [-0.05, 0) is 12.0 Å². The normalized spacial score (nSPS) is 37.2. The van der Waals surface area contributed by atoms with Gasteiger partial charge >= 0.3 is 5.97 Å². The van der Waals surface area contributed by atoms with Crippen LogP contribution in [0.1, 0.15) is 25.7 Å². The second kappa shape index (κ2) is 6.69. The van der Waals surface area contributed by atoms with Crippen LogP contribution in [0, 0.1) is 0 Å². The van der Waals surface area contributed by atoms with Gasteiger partial charge in [0.25, 0.3) is 0 Å². The van der Waals surface area contributed by atoms with E-state index < -0.39 is 37.3 Å². The van der Waals surface area contributed by atoms with Crippen molar-refractivity contribution in [2.45, 2.75) is 56.4 Å². The first kappa shape index (κ1) is 17.2. The highest BCUT2D eigenvalue weighted by atomic mass is 16.7. The summed E-state index contributed by atoms with van der Waals surface area (Å²) in [4.78, 5) is 11.3. The van der Waals surface area contributed by atoms with Gasteiger partial charge in [0, 0.05) is 12.8 Å². The number of allylic oxidation sites excluding steroid dienone is 1. The van der Waals surface area contributed by atoms with E-state index >= 15 is 0 Å². The van der Waals surface area contributed by atoms with Crippen LogP contribution in [0.2, 0.25) is 0 Å². The molecule has 5 atom stereocenters. The van der Waals surface area contributed by atoms with Crippen molar-refractivity contribution >= 4 is 5.97 Å². The number of carbonyl (C=O) groups is 1. The second-order valence-corrected chi connectivity index (χ2v) is 6.04. The van der Waals surface area contributed by atoms with Crippen LogP contribution in [0.4, 0.5) is 0 Å². The summed E-state index contributed by atoms with van der Waals surface area (Å²) in [5.41, 5.74) is 0.812. The molecule has 3 aliphatic rings. The van der Waals surface area contributed by atoms with E-state index in [0.717, 1.165) is 5.57 Å². The molecule has 0 aromatic heterocycles. The highest BCUT2D eigenvalue weighted by Crippen LogP contribution is 2.37. The molecule has 0 saturated carbocycles. The van der Waals surface area contributed by atoms with E-state index in [0.29, 0.717) is 12.2 Å². The summed E-state index contributed by atoms with van der Waals surface area (Å²) in [6.07, 6.45) is -6.13. The summed E-state index contributed by atoms with van der Waals surface area (Å²) in [5.74, 6) is 0.0289. The summed E-state index contributed by atoms with van der Waals surface area (Å²) in [5, 5.41) is 48.7. The first-order chi connectivity index (χ1) is 11.4. The SMILES string of the molecule is O=C1CCC2=C(CC(O)=C(O[C@@H]3O[C@H](CO)[C@@H](O)[C@H](O)[C@H]3O)C2)O1. The fraction of sp³-hybridized carbons (Fsp3) is 0.667. The zero-order chi connectivity index (χ0) is 17.4. The average molecular weight is 344 g/mol.